The molecule has 0 fully saturated rings. The molecule has 0 unspecified atom stereocenters. The van der Waals surface area contributed by atoms with Gasteiger partial charge in [-0.25, -0.2) is 15.0 Å². The van der Waals surface area contributed by atoms with Crippen molar-refractivity contribution in [3.05, 3.63) is 30.5 Å². The zero-order valence-electron chi connectivity index (χ0n) is 10.4. The minimum absolute atomic E-state index is 0.465. The molecule has 0 amide bonds. The third kappa shape index (κ3) is 2.88. The van der Waals surface area contributed by atoms with E-state index in [2.05, 4.69) is 34.1 Å². The third-order valence-electron chi connectivity index (χ3n) is 2.47. The van der Waals surface area contributed by atoms with Gasteiger partial charge in [-0.15, -0.1) is 0 Å². The first-order valence-corrected chi connectivity index (χ1v) is 5.68. The van der Waals surface area contributed by atoms with E-state index < -0.39 is 0 Å². The summed E-state index contributed by atoms with van der Waals surface area (Å²) in [6.07, 6.45) is 7.21. The van der Waals surface area contributed by atoms with Crippen molar-refractivity contribution in [3.8, 4) is 11.5 Å². The standard InChI is InChI=1S/C12H17N5/c1-9(2)14-4-10-5-15-12(16-6-10)11-7-13-8-17(11)3/h5-9,14H,4H2,1-3H3. The summed E-state index contributed by atoms with van der Waals surface area (Å²) in [6, 6.07) is 0.465. The summed E-state index contributed by atoms with van der Waals surface area (Å²) in [5.74, 6) is 0.707. The van der Waals surface area contributed by atoms with Crippen molar-refractivity contribution < 1.29 is 0 Å². The van der Waals surface area contributed by atoms with Gasteiger partial charge in [0.2, 0.25) is 0 Å². The predicted octanol–water partition coefficient (Wildman–Crippen LogP) is 1.38. The summed E-state index contributed by atoms with van der Waals surface area (Å²) in [5, 5.41) is 3.33. The summed E-state index contributed by atoms with van der Waals surface area (Å²) >= 11 is 0. The summed E-state index contributed by atoms with van der Waals surface area (Å²) < 4.78 is 1.90. The number of imidazole rings is 1. The van der Waals surface area contributed by atoms with Crippen LogP contribution in [0.2, 0.25) is 0 Å². The highest BCUT2D eigenvalue weighted by atomic mass is 15.1. The van der Waals surface area contributed by atoms with Crippen molar-refractivity contribution in [3.63, 3.8) is 0 Å². The molecule has 2 aromatic heterocycles. The van der Waals surface area contributed by atoms with E-state index in [9.17, 15) is 0 Å². The Bertz CT molecular complexity index is 472. The van der Waals surface area contributed by atoms with E-state index in [1.807, 2.05) is 24.0 Å². The van der Waals surface area contributed by atoms with Crippen molar-refractivity contribution in [1.82, 2.24) is 24.8 Å². The van der Waals surface area contributed by atoms with Crippen LogP contribution in [0.4, 0.5) is 0 Å². The normalized spacial score (nSPS) is 11.1. The van der Waals surface area contributed by atoms with Crippen LogP contribution in [0.3, 0.4) is 0 Å². The van der Waals surface area contributed by atoms with Gasteiger partial charge in [0, 0.05) is 37.6 Å². The Balaban J connectivity index is 2.11. The second-order valence-electron chi connectivity index (χ2n) is 4.34. The molecule has 0 saturated carbocycles. The van der Waals surface area contributed by atoms with E-state index in [0.29, 0.717) is 11.9 Å². The first-order chi connectivity index (χ1) is 8.16. The molecule has 5 nitrogen and oxygen atoms in total. The van der Waals surface area contributed by atoms with Crippen LogP contribution >= 0.6 is 0 Å². The highest BCUT2D eigenvalue weighted by molar-refractivity contribution is 5.47. The average Bonchev–Trinajstić information content (AvgIpc) is 2.73. The Kier molecular flexibility index (Phi) is 3.49. The maximum atomic E-state index is 4.35. The number of hydrogen-bond donors (Lipinski definition) is 1. The molecule has 2 heterocycles. The van der Waals surface area contributed by atoms with Gasteiger partial charge in [0.05, 0.1) is 12.5 Å². The molecule has 0 bridgehead atoms. The highest BCUT2D eigenvalue weighted by Crippen LogP contribution is 2.12. The monoisotopic (exact) mass is 231 g/mol. The van der Waals surface area contributed by atoms with Gasteiger partial charge in [-0.2, -0.15) is 0 Å². The maximum absolute atomic E-state index is 4.35. The van der Waals surface area contributed by atoms with Gasteiger partial charge in [0.1, 0.15) is 5.69 Å². The van der Waals surface area contributed by atoms with Gasteiger partial charge in [0.15, 0.2) is 5.82 Å². The molecule has 0 aliphatic heterocycles. The second kappa shape index (κ2) is 5.05. The molecule has 5 heteroatoms. The second-order valence-corrected chi connectivity index (χ2v) is 4.34. The van der Waals surface area contributed by atoms with E-state index in [-0.39, 0.29) is 0 Å². The third-order valence-corrected chi connectivity index (χ3v) is 2.47. The number of nitrogens with zero attached hydrogens (tertiary/aromatic N) is 4. The maximum Gasteiger partial charge on any atom is 0.177 e. The topological polar surface area (TPSA) is 55.6 Å². The predicted molar refractivity (Wildman–Crippen MR) is 66.2 cm³/mol. The molecule has 0 radical (unpaired) electrons. The first-order valence-electron chi connectivity index (χ1n) is 5.68. The van der Waals surface area contributed by atoms with Crippen molar-refractivity contribution >= 4 is 0 Å². The fourth-order valence-corrected chi connectivity index (χ4v) is 1.47. The number of aryl methyl sites for hydroxylation is 1. The molecule has 2 rings (SSSR count). The molecule has 0 aliphatic carbocycles. The van der Waals surface area contributed by atoms with Crippen molar-refractivity contribution in [2.75, 3.05) is 0 Å². The van der Waals surface area contributed by atoms with Crippen molar-refractivity contribution in [2.24, 2.45) is 7.05 Å². The van der Waals surface area contributed by atoms with Gasteiger partial charge in [0.25, 0.3) is 0 Å². The van der Waals surface area contributed by atoms with Crippen LogP contribution in [0, 0.1) is 0 Å². The highest BCUT2D eigenvalue weighted by Gasteiger charge is 2.05. The largest absolute Gasteiger partial charge is 0.331 e. The van der Waals surface area contributed by atoms with Gasteiger partial charge in [-0.1, -0.05) is 13.8 Å². The molecule has 0 spiro atoms. The van der Waals surface area contributed by atoms with E-state index in [1.165, 1.54) is 0 Å². The molecule has 2 aromatic rings. The van der Waals surface area contributed by atoms with E-state index in [0.717, 1.165) is 17.8 Å². The molecule has 90 valence electrons. The van der Waals surface area contributed by atoms with Gasteiger partial charge in [-0.05, 0) is 0 Å². The molecule has 0 aliphatic rings. The number of hydrogen-bond acceptors (Lipinski definition) is 4. The number of aromatic nitrogens is 4. The summed E-state index contributed by atoms with van der Waals surface area (Å²) in [5.41, 5.74) is 2.01. The summed E-state index contributed by atoms with van der Waals surface area (Å²) in [6.45, 7) is 5.03. The lowest BCUT2D eigenvalue weighted by Crippen LogP contribution is -2.22. The Hall–Kier alpha value is -1.75. The summed E-state index contributed by atoms with van der Waals surface area (Å²) in [7, 11) is 1.93. The Morgan fingerprint density at radius 1 is 1.24 bits per heavy atom. The van der Waals surface area contributed by atoms with Crippen LogP contribution < -0.4 is 5.32 Å². The van der Waals surface area contributed by atoms with Gasteiger partial charge in [-0.3, -0.25) is 0 Å². The fraction of sp³-hybridized carbons (Fsp3) is 0.417. The Morgan fingerprint density at radius 3 is 2.47 bits per heavy atom. The van der Waals surface area contributed by atoms with Crippen molar-refractivity contribution in [1.29, 1.82) is 0 Å². The average molecular weight is 231 g/mol. The van der Waals surface area contributed by atoms with E-state index in [1.54, 1.807) is 12.5 Å². The zero-order chi connectivity index (χ0) is 12.3. The van der Waals surface area contributed by atoms with Gasteiger partial charge < -0.3 is 9.88 Å². The van der Waals surface area contributed by atoms with Crippen LogP contribution in [-0.2, 0) is 13.6 Å². The first kappa shape index (κ1) is 11.7. The van der Waals surface area contributed by atoms with E-state index in [4.69, 9.17) is 0 Å². The molecule has 0 aromatic carbocycles. The van der Waals surface area contributed by atoms with Crippen LogP contribution in [0.1, 0.15) is 19.4 Å². The molecule has 17 heavy (non-hydrogen) atoms. The fourth-order valence-electron chi connectivity index (χ4n) is 1.47. The Labute approximate surface area is 101 Å². The number of nitrogens with one attached hydrogen (secondary N) is 1. The zero-order valence-corrected chi connectivity index (χ0v) is 10.4. The number of rotatable bonds is 4. The lowest BCUT2D eigenvalue weighted by Gasteiger charge is -2.07. The van der Waals surface area contributed by atoms with Crippen LogP contribution in [0.5, 0.6) is 0 Å². The van der Waals surface area contributed by atoms with Crippen LogP contribution in [0.25, 0.3) is 11.5 Å². The van der Waals surface area contributed by atoms with Gasteiger partial charge >= 0.3 is 0 Å². The molecular weight excluding hydrogens is 214 g/mol. The lowest BCUT2D eigenvalue weighted by atomic mass is 10.3. The smallest absolute Gasteiger partial charge is 0.177 e. The minimum Gasteiger partial charge on any atom is -0.331 e. The molecule has 0 atom stereocenters. The quantitative estimate of drug-likeness (QED) is 0.863. The molecular formula is C12H17N5. The summed E-state index contributed by atoms with van der Waals surface area (Å²) in [4.78, 5) is 12.7. The Morgan fingerprint density at radius 2 is 1.94 bits per heavy atom. The molecule has 1 N–H and O–H groups in total. The van der Waals surface area contributed by atoms with E-state index >= 15 is 0 Å². The van der Waals surface area contributed by atoms with Crippen molar-refractivity contribution in [2.45, 2.75) is 26.4 Å². The SMILES string of the molecule is CC(C)NCc1cnc(-c2cncn2C)nc1. The molecule has 0 saturated heterocycles. The van der Waals surface area contributed by atoms with Crippen LogP contribution in [-0.4, -0.2) is 25.6 Å². The van der Waals surface area contributed by atoms with Crippen LogP contribution in [0.15, 0.2) is 24.9 Å². The lowest BCUT2D eigenvalue weighted by molar-refractivity contribution is 0.587. The minimum atomic E-state index is 0.465.